The second-order valence-corrected chi connectivity index (χ2v) is 8.19. The van der Waals surface area contributed by atoms with Crippen LogP contribution < -0.4 is 4.74 Å². The van der Waals surface area contributed by atoms with Crippen molar-refractivity contribution in [3.63, 3.8) is 0 Å². The van der Waals surface area contributed by atoms with Crippen molar-refractivity contribution in [2.24, 2.45) is 0 Å². The first-order chi connectivity index (χ1) is 10.6. The number of aryl methyl sites for hydroxylation is 2. The average Bonchev–Trinajstić information content (AvgIpc) is 2.95. The topological polar surface area (TPSA) is 50.8 Å². The zero-order chi connectivity index (χ0) is 17.3. The molecule has 0 amide bonds. The van der Waals surface area contributed by atoms with E-state index in [1.807, 2.05) is 0 Å². The van der Waals surface area contributed by atoms with Crippen molar-refractivity contribution >= 4 is 0 Å². The number of benzene rings is 1. The molecule has 1 aromatic heterocycles. The number of hydrogen-bond donors (Lipinski definition) is 1. The van der Waals surface area contributed by atoms with E-state index in [1.54, 1.807) is 13.3 Å². The van der Waals surface area contributed by atoms with E-state index in [-0.39, 0.29) is 10.8 Å². The van der Waals surface area contributed by atoms with Gasteiger partial charge in [0.1, 0.15) is 5.75 Å². The van der Waals surface area contributed by atoms with E-state index in [4.69, 9.17) is 4.74 Å². The number of hydrogen-bond acceptors (Lipinski definition) is 3. The molecule has 1 heterocycles. The molecule has 1 N–H and O–H groups in total. The number of ether oxygens (including phenoxy) is 1. The molecule has 0 spiro atoms. The predicted molar refractivity (Wildman–Crippen MR) is 94.2 cm³/mol. The lowest BCUT2D eigenvalue weighted by molar-refractivity contribution is 0.381. The van der Waals surface area contributed by atoms with Crippen molar-refractivity contribution in [3.8, 4) is 5.75 Å². The number of nitrogens with one attached hydrogen (secondary N) is 1. The third kappa shape index (κ3) is 4.12. The number of rotatable bonds is 4. The SMILES string of the molecule is COc1c(C(C)(C)C)cc(CCc2cn[nH]n2)cc1C(C)(C)C. The maximum Gasteiger partial charge on any atom is 0.126 e. The predicted octanol–water partition coefficient (Wildman–Crippen LogP) is 4.19. The maximum absolute atomic E-state index is 5.81. The summed E-state index contributed by atoms with van der Waals surface area (Å²) in [6, 6.07) is 4.57. The van der Waals surface area contributed by atoms with Gasteiger partial charge in [0.05, 0.1) is 19.0 Å². The first kappa shape index (κ1) is 17.5. The molecule has 4 heteroatoms. The van der Waals surface area contributed by atoms with Gasteiger partial charge < -0.3 is 4.74 Å². The normalized spacial score (nSPS) is 12.5. The Morgan fingerprint density at radius 3 is 1.91 bits per heavy atom. The average molecular weight is 315 g/mol. The third-order valence-corrected chi connectivity index (χ3v) is 4.10. The van der Waals surface area contributed by atoms with Gasteiger partial charge in [-0.2, -0.15) is 15.4 Å². The van der Waals surface area contributed by atoms with Crippen molar-refractivity contribution in [2.75, 3.05) is 7.11 Å². The molecular formula is C19H29N3O. The van der Waals surface area contributed by atoms with Gasteiger partial charge in [-0.25, -0.2) is 0 Å². The summed E-state index contributed by atoms with van der Waals surface area (Å²) in [4.78, 5) is 0. The third-order valence-electron chi connectivity index (χ3n) is 4.10. The summed E-state index contributed by atoms with van der Waals surface area (Å²) in [7, 11) is 1.77. The van der Waals surface area contributed by atoms with Crippen molar-refractivity contribution in [3.05, 3.63) is 40.7 Å². The lowest BCUT2D eigenvalue weighted by Crippen LogP contribution is -2.20. The highest BCUT2D eigenvalue weighted by atomic mass is 16.5. The molecule has 23 heavy (non-hydrogen) atoms. The molecule has 0 aliphatic heterocycles. The van der Waals surface area contributed by atoms with Crippen LogP contribution in [0.5, 0.6) is 5.75 Å². The van der Waals surface area contributed by atoms with E-state index in [9.17, 15) is 0 Å². The smallest absolute Gasteiger partial charge is 0.126 e. The van der Waals surface area contributed by atoms with Crippen molar-refractivity contribution in [1.82, 2.24) is 15.4 Å². The van der Waals surface area contributed by atoms with Crippen LogP contribution in [0.15, 0.2) is 18.3 Å². The Bertz CT molecular complexity index is 611. The van der Waals surface area contributed by atoms with Crippen molar-refractivity contribution < 1.29 is 4.74 Å². The Kier molecular flexibility index (Phi) is 4.83. The molecular weight excluding hydrogens is 286 g/mol. The van der Waals surface area contributed by atoms with Crippen LogP contribution in [0.1, 0.15) is 63.9 Å². The fourth-order valence-electron chi connectivity index (χ4n) is 2.79. The van der Waals surface area contributed by atoms with Gasteiger partial charge >= 0.3 is 0 Å². The Morgan fingerprint density at radius 2 is 1.52 bits per heavy atom. The minimum atomic E-state index is 0.0369. The molecule has 2 rings (SSSR count). The monoisotopic (exact) mass is 315 g/mol. The molecule has 0 atom stereocenters. The summed E-state index contributed by atoms with van der Waals surface area (Å²) in [6.07, 6.45) is 3.62. The van der Waals surface area contributed by atoms with Crippen LogP contribution in [-0.2, 0) is 23.7 Å². The second kappa shape index (κ2) is 6.34. The number of aromatic amines is 1. The molecule has 0 saturated carbocycles. The van der Waals surface area contributed by atoms with Gasteiger partial charge in [-0.15, -0.1) is 0 Å². The maximum atomic E-state index is 5.81. The minimum absolute atomic E-state index is 0.0369. The van der Waals surface area contributed by atoms with Crippen LogP contribution in [-0.4, -0.2) is 22.5 Å². The Balaban J connectivity index is 2.47. The largest absolute Gasteiger partial charge is 0.496 e. The molecule has 0 radical (unpaired) electrons. The van der Waals surface area contributed by atoms with Gasteiger partial charge in [0, 0.05) is 11.1 Å². The van der Waals surface area contributed by atoms with E-state index in [1.165, 1.54) is 16.7 Å². The Hall–Kier alpha value is -1.84. The minimum Gasteiger partial charge on any atom is -0.496 e. The Morgan fingerprint density at radius 1 is 0.957 bits per heavy atom. The number of H-pyrrole nitrogens is 1. The van der Waals surface area contributed by atoms with Gasteiger partial charge in [0.15, 0.2) is 0 Å². The van der Waals surface area contributed by atoms with Gasteiger partial charge in [-0.1, -0.05) is 53.7 Å². The summed E-state index contributed by atoms with van der Waals surface area (Å²) in [5.74, 6) is 1.02. The molecule has 0 bridgehead atoms. The lowest BCUT2D eigenvalue weighted by Gasteiger charge is -2.30. The second-order valence-electron chi connectivity index (χ2n) is 8.19. The Labute approximate surface area is 139 Å². The first-order valence-electron chi connectivity index (χ1n) is 8.19. The molecule has 0 saturated heterocycles. The molecule has 2 aromatic rings. The number of methoxy groups -OCH3 is 1. The van der Waals surface area contributed by atoms with Crippen molar-refractivity contribution in [2.45, 2.75) is 65.2 Å². The summed E-state index contributed by atoms with van der Waals surface area (Å²) >= 11 is 0. The van der Waals surface area contributed by atoms with Gasteiger partial charge in [0.2, 0.25) is 0 Å². The zero-order valence-corrected chi connectivity index (χ0v) is 15.4. The fourth-order valence-corrected chi connectivity index (χ4v) is 2.79. The molecule has 0 fully saturated rings. The molecule has 4 nitrogen and oxygen atoms in total. The highest BCUT2D eigenvalue weighted by Crippen LogP contribution is 2.40. The van der Waals surface area contributed by atoms with Crippen LogP contribution in [0.3, 0.4) is 0 Å². The number of nitrogens with zero attached hydrogens (tertiary/aromatic N) is 2. The van der Waals surface area contributed by atoms with Crippen LogP contribution in [0.2, 0.25) is 0 Å². The van der Waals surface area contributed by atoms with Crippen molar-refractivity contribution in [1.29, 1.82) is 0 Å². The van der Waals surface area contributed by atoms with Crippen LogP contribution >= 0.6 is 0 Å². The summed E-state index contributed by atoms with van der Waals surface area (Å²) in [5.41, 5.74) is 4.93. The van der Waals surface area contributed by atoms with Gasteiger partial charge in [-0.05, 0) is 29.2 Å². The van der Waals surface area contributed by atoms with Crippen LogP contribution in [0.4, 0.5) is 0 Å². The quantitative estimate of drug-likeness (QED) is 0.920. The molecule has 1 aromatic carbocycles. The lowest BCUT2D eigenvalue weighted by atomic mass is 9.78. The summed E-state index contributed by atoms with van der Waals surface area (Å²) in [5, 5.41) is 10.7. The van der Waals surface area contributed by atoms with Gasteiger partial charge in [0.25, 0.3) is 0 Å². The van der Waals surface area contributed by atoms with E-state index in [0.717, 1.165) is 24.3 Å². The van der Waals surface area contributed by atoms with Crippen LogP contribution in [0.25, 0.3) is 0 Å². The molecule has 0 aliphatic carbocycles. The first-order valence-corrected chi connectivity index (χ1v) is 8.19. The fraction of sp³-hybridized carbons (Fsp3) is 0.579. The van der Waals surface area contributed by atoms with Gasteiger partial charge in [-0.3, -0.25) is 0 Å². The number of aromatic nitrogens is 3. The molecule has 0 aliphatic rings. The standard InChI is InChI=1S/C19H29N3O/c1-18(2,3)15-10-13(8-9-14-12-20-22-21-14)11-16(17(15)23-7)19(4,5)6/h10-12H,8-9H2,1-7H3,(H,20,21,22). The van der Waals surface area contributed by atoms with E-state index in [0.29, 0.717) is 0 Å². The zero-order valence-electron chi connectivity index (χ0n) is 15.4. The van der Waals surface area contributed by atoms with E-state index >= 15 is 0 Å². The highest BCUT2D eigenvalue weighted by Gasteiger charge is 2.27. The van der Waals surface area contributed by atoms with E-state index < -0.39 is 0 Å². The van der Waals surface area contributed by atoms with E-state index in [2.05, 4.69) is 69.1 Å². The molecule has 126 valence electrons. The summed E-state index contributed by atoms with van der Waals surface area (Å²) < 4.78 is 5.81. The highest BCUT2D eigenvalue weighted by molar-refractivity contribution is 5.51. The summed E-state index contributed by atoms with van der Waals surface area (Å²) in [6.45, 7) is 13.4. The molecule has 0 unspecified atom stereocenters. The van der Waals surface area contributed by atoms with Crippen LogP contribution in [0, 0.1) is 0 Å².